The second kappa shape index (κ2) is 3.92. The summed E-state index contributed by atoms with van der Waals surface area (Å²) in [6, 6.07) is 5.59. The van der Waals surface area contributed by atoms with Crippen molar-refractivity contribution in [2.24, 2.45) is 0 Å². The molecule has 1 aliphatic rings. The average Bonchev–Trinajstić information content (AvgIpc) is 2.91. The fourth-order valence-electron chi connectivity index (χ4n) is 1.19. The number of rotatable bonds is 3. The molecule has 14 heavy (non-hydrogen) atoms. The van der Waals surface area contributed by atoms with E-state index < -0.39 is 0 Å². The molecule has 0 aliphatic heterocycles. The molecule has 0 spiro atoms. The average molecular weight is 296 g/mol. The van der Waals surface area contributed by atoms with Gasteiger partial charge in [0.1, 0.15) is 11.4 Å². The predicted octanol–water partition coefficient (Wildman–Crippen LogP) is 4.25. The lowest BCUT2D eigenvalue weighted by Gasteiger charge is -2.16. The maximum Gasteiger partial charge on any atom is 0.138 e. The van der Waals surface area contributed by atoms with Gasteiger partial charge in [-0.15, -0.1) is 11.6 Å². The van der Waals surface area contributed by atoms with Gasteiger partial charge in [0.25, 0.3) is 0 Å². The Hall–Kier alpha value is 0.0800. The Morgan fingerprint density at radius 3 is 2.64 bits per heavy atom. The third-order valence-corrected chi connectivity index (χ3v) is 3.55. The summed E-state index contributed by atoms with van der Waals surface area (Å²) in [6.45, 7) is 0. The highest BCUT2D eigenvalue weighted by atomic mass is 79.9. The second-order valence-corrected chi connectivity index (χ2v) is 5.08. The topological polar surface area (TPSA) is 9.23 Å². The highest BCUT2D eigenvalue weighted by Gasteiger charge is 2.45. The van der Waals surface area contributed by atoms with Gasteiger partial charge in [0.2, 0.25) is 0 Å². The first-order chi connectivity index (χ1) is 6.65. The number of hydrogen-bond donors (Lipinski definition) is 0. The van der Waals surface area contributed by atoms with E-state index in [4.69, 9.17) is 27.9 Å². The summed E-state index contributed by atoms with van der Waals surface area (Å²) in [5.74, 6) is 1.24. The van der Waals surface area contributed by atoms with E-state index in [2.05, 4.69) is 15.9 Å². The Bertz CT molecular complexity index is 350. The van der Waals surface area contributed by atoms with Gasteiger partial charge in [-0.25, -0.2) is 0 Å². The van der Waals surface area contributed by atoms with Crippen LogP contribution in [0, 0.1) is 0 Å². The second-order valence-electron chi connectivity index (χ2n) is 3.49. The van der Waals surface area contributed by atoms with Crippen molar-refractivity contribution in [1.82, 2.24) is 0 Å². The van der Waals surface area contributed by atoms with E-state index in [9.17, 15) is 0 Å². The van der Waals surface area contributed by atoms with Crippen LogP contribution in [-0.4, -0.2) is 11.5 Å². The Morgan fingerprint density at radius 2 is 2.14 bits per heavy atom. The van der Waals surface area contributed by atoms with Gasteiger partial charge >= 0.3 is 0 Å². The highest BCUT2D eigenvalue weighted by molar-refractivity contribution is 9.10. The minimum absolute atomic E-state index is 0.154. The van der Waals surface area contributed by atoms with E-state index >= 15 is 0 Å². The molecule has 0 amide bonds. The van der Waals surface area contributed by atoms with Crippen molar-refractivity contribution in [2.75, 3.05) is 5.88 Å². The number of hydrogen-bond acceptors (Lipinski definition) is 1. The Morgan fingerprint density at radius 1 is 1.43 bits per heavy atom. The summed E-state index contributed by atoms with van der Waals surface area (Å²) >= 11 is 15.2. The van der Waals surface area contributed by atoms with E-state index in [1.54, 1.807) is 0 Å². The van der Waals surface area contributed by atoms with Crippen molar-refractivity contribution >= 4 is 39.1 Å². The van der Waals surface area contributed by atoms with E-state index in [1.807, 2.05) is 18.2 Å². The molecular weight excluding hydrogens is 287 g/mol. The number of ether oxygens (including phenoxy) is 1. The van der Waals surface area contributed by atoms with Crippen LogP contribution in [0.5, 0.6) is 5.75 Å². The number of halogens is 3. The van der Waals surface area contributed by atoms with E-state index in [-0.39, 0.29) is 5.60 Å². The normalized spacial score (nSPS) is 17.9. The summed E-state index contributed by atoms with van der Waals surface area (Å²) in [5.41, 5.74) is -0.154. The fraction of sp³-hybridized carbons (Fsp3) is 0.400. The first kappa shape index (κ1) is 10.6. The van der Waals surface area contributed by atoms with Crippen molar-refractivity contribution in [1.29, 1.82) is 0 Å². The maximum atomic E-state index is 6.02. The molecule has 1 aromatic carbocycles. The minimum Gasteiger partial charge on any atom is -0.484 e. The predicted molar refractivity (Wildman–Crippen MR) is 62.5 cm³/mol. The van der Waals surface area contributed by atoms with E-state index in [0.29, 0.717) is 16.7 Å². The molecular formula is C10H9BrCl2O. The van der Waals surface area contributed by atoms with Crippen LogP contribution < -0.4 is 4.74 Å². The van der Waals surface area contributed by atoms with E-state index in [1.165, 1.54) is 0 Å². The monoisotopic (exact) mass is 294 g/mol. The fourth-order valence-corrected chi connectivity index (χ4v) is 2.23. The molecule has 76 valence electrons. The van der Waals surface area contributed by atoms with Crippen LogP contribution in [0.2, 0.25) is 5.02 Å². The van der Waals surface area contributed by atoms with Gasteiger partial charge in [-0.05, 0) is 31.0 Å². The molecule has 1 fully saturated rings. The van der Waals surface area contributed by atoms with Crippen LogP contribution in [0.25, 0.3) is 0 Å². The molecule has 1 aliphatic carbocycles. The summed E-state index contributed by atoms with van der Waals surface area (Å²) in [6.07, 6.45) is 2.03. The van der Waals surface area contributed by atoms with Crippen LogP contribution in [0.1, 0.15) is 12.8 Å². The van der Waals surface area contributed by atoms with Crippen LogP contribution in [0.3, 0.4) is 0 Å². The van der Waals surface area contributed by atoms with Gasteiger partial charge in [-0.1, -0.05) is 27.5 Å². The molecule has 0 saturated heterocycles. The van der Waals surface area contributed by atoms with Crippen LogP contribution >= 0.6 is 39.1 Å². The SMILES string of the molecule is ClCC1(Oc2ccc(Br)cc2Cl)CC1. The Labute approximate surface area is 101 Å². The van der Waals surface area contributed by atoms with Gasteiger partial charge in [0.05, 0.1) is 10.9 Å². The van der Waals surface area contributed by atoms with Crippen molar-refractivity contribution in [3.63, 3.8) is 0 Å². The zero-order chi connectivity index (χ0) is 10.2. The maximum absolute atomic E-state index is 6.02. The first-order valence-corrected chi connectivity index (χ1v) is 6.06. The van der Waals surface area contributed by atoms with Gasteiger partial charge in [0.15, 0.2) is 0 Å². The van der Waals surface area contributed by atoms with E-state index in [0.717, 1.165) is 17.3 Å². The largest absolute Gasteiger partial charge is 0.484 e. The van der Waals surface area contributed by atoms with Crippen molar-refractivity contribution in [3.8, 4) is 5.75 Å². The molecule has 0 N–H and O–H groups in total. The van der Waals surface area contributed by atoms with Gasteiger partial charge < -0.3 is 4.74 Å². The van der Waals surface area contributed by atoms with Crippen molar-refractivity contribution < 1.29 is 4.74 Å². The molecule has 2 rings (SSSR count). The zero-order valence-corrected chi connectivity index (χ0v) is 10.5. The zero-order valence-electron chi connectivity index (χ0n) is 7.40. The van der Waals surface area contributed by atoms with Crippen molar-refractivity contribution in [2.45, 2.75) is 18.4 Å². The lowest BCUT2D eigenvalue weighted by atomic mass is 10.3. The quantitative estimate of drug-likeness (QED) is 0.758. The molecule has 0 heterocycles. The minimum atomic E-state index is -0.154. The standard InChI is InChI=1S/C10H9BrCl2O/c11-7-1-2-9(8(13)5-7)14-10(6-12)3-4-10/h1-2,5H,3-4,6H2. The van der Waals surface area contributed by atoms with Crippen molar-refractivity contribution in [3.05, 3.63) is 27.7 Å². The smallest absolute Gasteiger partial charge is 0.138 e. The molecule has 0 radical (unpaired) electrons. The lowest BCUT2D eigenvalue weighted by molar-refractivity contribution is 0.204. The third kappa shape index (κ3) is 2.18. The molecule has 1 aromatic rings. The summed E-state index contributed by atoms with van der Waals surface area (Å²) in [4.78, 5) is 0. The molecule has 0 atom stereocenters. The molecule has 1 nitrogen and oxygen atoms in total. The third-order valence-electron chi connectivity index (χ3n) is 2.27. The molecule has 0 bridgehead atoms. The Balaban J connectivity index is 2.17. The van der Waals surface area contributed by atoms with Crippen LogP contribution in [-0.2, 0) is 0 Å². The molecule has 0 aromatic heterocycles. The molecule has 4 heteroatoms. The number of benzene rings is 1. The van der Waals surface area contributed by atoms with Gasteiger partial charge in [0, 0.05) is 4.47 Å². The summed E-state index contributed by atoms with van der Waals surface area (Å²) < 4.78 is 6.71. The Kier molecular flexibility index (Phi) is 2.96. The highest BCUT2D eigenvalue weighted by Crippen LogP contribution is 2.43. The number of alkyl halides is 1. The lowest BCUT2D eigenvalue weighted by Crippen LogP contribution is -2.19. The van der Waals surface area contributed by atoms with Crippen LogP contribution in [0.4, 0.5) is 0 Å². The summed E-state index contributed by atoms with van der Waals surface area (Å²) in [5, 5.41) is 0.621. The van der Waals surface area contributed by atoms with Crippen LogP contribution in [0.15, 0.2) is 22.7 Å². The van der Waals surface area contributed by atoms with Gasteiger partial charge in [-0.3, -0.25) is 0 Å². The molecule has 0 unspecified atom stereocenters. The summed E-state index contributed by atoms with van der Waals surface area (Å²) in [7, 11) is 0. The molecule has 1 saturated carbocycles. The van der Waals surface area contributed by atoms with Gasteiger partial charge in [-0.2, -0.15) is 0 Å². The first-order valence-electron chi connectivity index (χ1n) is 4.35.